The van der Waals surface area contributed by atoms with E-state index in [0.29, 0.717) is 13.0 Å². The Morgan fingerprint density at radius 2 is 2.06 bits per heavy atom. The van der Waals surface area contributed by atoms with Gasteiger partial charge in [-0.2, -0.15) is 4.76 Å². The highest BCUT2D eigenvalue weighted by Gasteiger charge is 2.48. The van der Waals surface area contributed by atoms with Crippen LogP contribution in [0.5, 0.6) is 5.75 Å². The first-order valence-electron chi connectivity index (χ1n) is 10.8. The van der Waals surface area contributed by atoms with Crippen LogP contribution in [0.1, 0.15) is 34.1 Å². The zero-order valence-electron chi connectivity index (χ0n) is 19.9. The van der Waals surface area contributed by atoms with E-state index in [4.69, 9.17) is 15.2 Å². The van der Waals surface area contributed by atoms with Gasteiger partial charge in [-0.05, 0) is 37.0 Å². The van der Waals surface area contributed by atoms with Crippen molar-refractivity contribution in [3.63, 3.8) is 0 Å². The number of aliphatic hydroxyl groups is 1. The molecule has 0 spiro atoms. The number of benzene rings is 1. The van der Waals surface area contributed by atoms with E-state index in [1.165, 1.54) is 18.2 Å². The molecular weight excluding hydrogens is 463 g/mol. The third-order valence-electron chi connectivity index (χ3n) is 5.69. The molecule has 0 fully saturated rings. The molecule has 2 aliphatic rings. The number of carbonyl (C=O) groups is 2. The second-order valence-corrected chi connectivity index (χ2v) is 11.2. The Labute approximate surface area is 198 Å². The fraction of sp³-hybridized carbons (Fsp3) is 0.500. The molecule has 0 saturated heterocycles. The van der Waals surface area contributed by atoms with Crippen molar-refractivity contribution in [3.05, 3.63) is 29.5 Å². The van der Waals surface area contributed by atoms with Crippen molar-refractivity contribution in [2.45, 2.75) is 46.3 Å². The van der Waals surface area contributed by atoms with Gasteiger partial charge < -0.3 is 35.4 Å². The molecule has 0 aliphatic carbocycles. The first kappa shape index (κ1) is 25.7. The maximum absolute atomic E-state index is 13.4. The number of rotatable bonds is 8. The topological polar surface area (TPSA) is 164 Å². The Bertz CT molecular complexity index is 1110. The molecular formula is C22H31N4O7P. The van der Waals surface area contributed by atoms with Crippen LogP contribution in [-0.2, 0) is 18.9 Å². The van der Waals surface area contributed by atoms with Crippen LogP contribution in [-0.4, -0.2) is 65.0 Å². The Hall–Kier alpha value is -2.88. The lowest BCUT2D eigenvalue weighted by Crippen LogP contribution is -2.45. The molecule has 0 bridgehead atoms. The van der Waals surface area contributed by atoms with Gasteiger partial charge >= 0.3 is 7.52 Å². The normalized spacial score (nSPS) is 23.4. The summed E-state index contributed by atoms with van der Waals surface area (Å²) in [5, 5.41) is 14.0. The molecule has 1 aromatic carbocycles. The molecule has 3 unspecified atom stereocenters. The van der Waals surface area contributed by atoms with Crippen LogP contribution in [0.25, 0.3) is 0 Å². The molecule has 3 atom stereocenters. The maximum atomic E-state index is 13.4. The number of methoxy groups -OCH3 is 1. The monoisotopic (exact) mass is 494 g/mol. The first-order chi connectivity index (χ1) is 15.8. The Morgan fingerprint density at radius 3 is 2.65 bits per heavy atom. The second-order valence-electron chi connectivity index (χ2n) is 9.41. The summed E-state index contributed by atoms with van der Waals surface area (Å²) in [5.74, 6) is -1.40. The predicted molar refractivity (Wildman–Crippen MR) is 127 cm³/mol. The molecule has 3 rings (SSSR count). The average molecular weight is 494 g/mol. The van der Waals surface area contributed by atoms with Crippen LogP contribution in [0.2, 0.25) is 0 Å². The van der Waals surface area contributed by atoms with Crippen molar-refractivity contribution in [3.8, 4) is 5.75 Å². The summed E-state index contributed by atoms with van der Waals surface area (Å²) < 4.78 is 27.5. The number of hydrogen-bond acceptors (Lipinski definition) is 7. The largest absolute Gasteiger partial charge is 0.509 e. The number of anilines is 1. The van der Waals surface area contributed by atoms with E-state index in [0.717, 1.165) is 0 Å². The summed E-state index contributed by atoms with van der Waals surface area (Å²) >= 11 is 0. The molecule has 2 heterocycles. The molecule has 0 radical (unpaired) electrons. The number of ether oxygens (including phenoxy) is 2. The Balaban J connectivity index is 1.98. The fourth-order valence-electron chi connectivity index (χ4n) is 3.98. The molecule has 0 saturated carbocycles. The van der Waals surface area contributed by atoms with Crippen molar-refractivity contribution < 1.29 is 33.6 Å². The van der Waals surface area contributed by atoms with Crippen LogP contribution in [0, 0.1) is 5.41 Å². The van der Waals surface area contributed by atoms with Gasteiger partial charge in [0.2, 0.25) is 0 Å². The highest BCUT2D eigenvalue weighted by Crippen LogP contribution is 2.48. The number of fused-ring (bicyclic) bond motifs is 1. The van der Waals surface area contributed by atoms with Gasteiger partial charge in [-0.1, -0.05) is 20.8 Å². The number of amides is 2. The molecule has 2 amide bonds. The van der Waals surface area contributed by atoms with Crippen molar-refractivity contribution in [1.82, 2.24) is 4.90 Å². The summed E-state index contributed by atoms with van der Waals surface area (Å²) in [5.41, 5.74) is 4.65. The van der Waals surface area contributed by atoms with Gasteiger partial charge in [-0.25, -0.2) is 0 Å². The summed E-state index contributed by atoms with van der Waals surface area (Å²) in [4.78, 5) is 36.6. The molecule has 34 heavy (non-hydrogen) atoms. The second kappa shape index (κ2) is 9.40. The molecule has 1 aromatic rings. The lowest BCUT2D eigenvalue weighted by Gasteiger charge is -2.35. The zero-order valence-corrected chi connectivity index (χ0v) is 20.8. The molecule has 186 valence electrons. The third kappa shape index (κ3) is 5.11. The van der Waals surface area contributed by atoms with E-state index in [2.05, 4.69) is 10.1 Å². The lowest BCUT2D eigenvalue weighted by molar-refractivity contribution is -0.128. The van der Waals surface area contributed by atoms with E-state index >= 15 is 0 Å². The number of aliphatic hydroxyl groups excluding tert-OH is 1. The summed E-state index contributed by atoms with van der Waals surface area (Å²) in [6, 6.07) is 3.60. The van der Waals surface area contributed by atoms with E-state index in [-0.39, 0.29) is 40.0 Å². The Morgan fingerprint density at radius 1 is 1.38 bits per heavy atom. The van der Waals surface area contributed by atoms with Gasteiger partial charge in [-0.15, -0.1) is 0 Å². The smallest absolute Gasteiger partial charge is 0.346 e. The predicted octanol–water partition coefficient (Wildman–Crippen LogP) is 1.68. The standard InChI is InChI=1S/C22H31N4O7P/c1-12(32-5)8-9-26-19(22(2,3)4)18(28)17(21(26)29)20-24-14-7-6-13(33-11-16(23)27)10-15(14)34(30,31)25-20/h6-7,10,12,19,28H,8-9,11H2,1-5H3,(H2,23,27)(H2,24,25,30,31). The number of hydrogen-bond donors (Lipinski definition) is 4. The third-order valence-corrected chi connectivity index (χ3v) is 7.16. The van der Waals surface area contributed by atoms with Gasteiger partial charge in [0.15, 0.2) is 12.4 Å². The molecule has 0 aromatic heterocycles. The molecule has 12 heteroatoms. The quantitative estimate of drug-likeness (QED) is 0.397. The number of nitrogens with one attached hydrogen (secondary N) is 1. The fourth-order valence-corrected chi connectivity index (χ4v) is 5.25. The average Bonchev–Trinajstić information content (AvgIpc) is 2.99. The van der Waals surface area contributed by atoms with Crippen LogP contribution < -0.4 is 21.1 Å². The molecule has 2 aliphatic heterocycles. The van der Waals surface area contributed by atoms with Crippen LogP contribution >= 0.6 is 7.52 Å². The minimum atomic E-state index is -4.34. The van der Waals surface area contributed by atoms with Gasteiger partial charge in [0.25, 0.3) is 11.8 Å². The van der Waals surface area contributed by atoms with Crippen LogP contribution in [0.3, 0.4) is 0 Å². The highest BCUT2D eigenvalue weighted by atomic mass is 31.2. The van der Waals surface area contributed by atoms with Crippen molar-refractivity contribution >= 4 is 36.2 Å². The first-order valence-corrected chi connectivity index (χ1v) is 12.4. The lowest BCUT2D eigenvalue weighted by atomic mass is 9.85. The van der Waals surface area contributed by atoms with Gasteiger partial charge in [-0.3, -0.25) is 14.2 Å². The van der Waals surface area contributed by atoms with E-state index in [1.54, 1.807) is 12.0 Å². The summed E-state index contributed by atoms with van der Waals surface area (Å²) in [6.07, 6.45) is 0.449. The maximum Gasteiger partial charge on any atom is 0.346 e. The van der Waals surface area contributed by atoms with E-state index in [1.807, 2.05) is 27.7 Å². The molecule has 5 N–H and O–H groups in total. The van der Waals surface area contributed by atoms with Gasteiger partial charge in [0.1, 0.15) is 17.1 Å². The minimum absolute atomic E-state index is 0.0538. The van der Waals surface area contributed by atoms with Gasteiger partial charge in [0.05, 0.1) is 23.1 Å². The number of nitrogens with two attached hydrogens (primary N) is 1. The van der Waals surface area contributed by atoms with E-state index < -0.39 is 37.4 Å². The van der Waals surface area contributed by atoms with Gasteiger partial charge in [0, 0.05) is 13.7 Å². The van der Waals surface area contributed by atoms with Crippen molar-refractivity contribution in [2.24, 2.45) is 15.9 Å². The van der Waals surface area contributed by atoms with Crippen LogP contribution in [0.4, 0.5) is 5.69 Å². The van der Waals surface area contributed by atoms with E-state index in [9.17, 15) is 24.2 Å². The van der Waals surface area contributed by atoms with Crippen molar-refractivity contribution in [1.29, 1.82) is 0 Å². The SMILES string of the molecule is COC(C)CCN1C(=O)C(C2=NP(=O)(O)c3cc(OCC(N)=O)ccc3N2)=C(O)C1C(C)(C)C. The minimum Gasteiger partial charge on any atom is -0.509 e. The number of nitrogens with zero attached hydrogens (tertiary/aromatic N) is 2. The Kier molecular flexibility index (Phi) is 7.12. The van der Waals surface area contributed by atoms with Crippen molar-refractivity contribution in [2.75, 3.05) is 25.6 Å². The molecule has 11 nitrogen and oxygen atoms in total. The summed E-state index contributed by atoms with van der Waals surface area (Å²) in [7, 11) is -2.75. The van der Waals surface area contributed by atoms with Crippen LogP contribution in [0.15, 0.2) is 34.3 Å². The number of carbonyl (C=O) groups excluding carboxylic acids is 2. The highest BCUT2D eigenvalue weighted by molar-refractivity contribution is 7.65. The number of amidine groups is 1. The number of primary amides is 1. The summed E-state index contributed by atoms with van der Waals surface area (Å²) in [6.45, 7) is 7.50. The zero-order chi connectivity index (χ0) is 25.4.